The van der Waals surface area contributed by atoms with Gasteiger partial charge >= 0.3 is 0 Å². The first kappa shape index (κ1) is 20.6. The summed E-state index contributed by atoms with van der Waals surface area (Å²) in [4.78, 5) is 6.96. The lowest BCUT2D eigenvalue weighted by molar-refractivity contribution is 0.158. The van der Waals surface area contributed by atoms with E-state index < -0.39 is 0 Å². The van der Waals surface area contributed by atoms with E-state index in [0.717, 1.165) is 37.3 Å². The molecule has 0 amide bonds. The molecule has 1 unspecified atom stereocenters. The normalized spacial score (nSPS) is 18.6. The maximum absolute atomic E-state index is 5.40. The molecule has 5 heteroatoms. The van der Waals surface area contributed by atoms with Crippen LogP contribution in [0.15, 0.2) is 29.3 Å². The molecule has 1 aliphatic rings. The molecule has 1 aromatic carbocycles. The quantitative estimate of drug-likeness (QED) is 0.404. The zero-order valence-electron chi connectivity index (χ0n) is 16.8. The van der Waals surface area contributed by atoms with Gasteiger partial charge in [0.15, 0.2) is 5.96 Å². The molecule has 0 radical (unpaired) electrons. The first-order valence-corrected chi connectivity index (χ1v) is 10.0. The summed E-state index contributed by atoms with van der Waals surface area (Å²) in [5.74, 6) is 1.83. The van der Waals surface area contributed by atoms with Gasteiger partial charge in [-0.05, 0) is 63.7 Å². The van der Waals surface area contributed by atoms with Gasteiger partial charge in [-0.25, -0.2) is 0 Å². The largest absolute Gasteiger partial charge is 0.496 e. The predicted molar refractivity (Wildman–Crippen MR) is 110 cm³/mol. The lowest BCUT2D eigenvalue weighted by Crippen LogP contribution is -2.40. The van der Waals surface area contributed by atoms with Crippen molar-refractivity contribution < 1.29 is 4.74 Å². The minimum absolute atomic E-state index is 0.765. The Labute approximate surface area is 159 Å². The molecule has 0 aliphatic carbocycles. The third kappa shape index (κ3) is 6.87. The number of nitrogens with one attached hydrogen (secondary N) is 2. The highest BCUT2D eigenvalue weighted by Gasteiger charge is 2.16. The highest BCUT2D eigenvalue weighted by molar-refractivity contribution is 5.79. The van der Waals surface area contributed by atoms with Gasteiger partial charge in [-0.2, -0.15) is 0 Å². The van der Waals surface area contributed by atoms with Crippen LogP contribution in [-0.2, 0) is 6.42 Å². The van der Waals surface area contributed by atoms with Gasteiger partial charge in [-0.15, -0.1) is 0 Å². The van der Waals surface area contributed by atoms with E-state index in [1.807, 2.05) is 25.2 Å². The van der Waals surface area contributed by atoms with Gasteiger partial charge in [-0.1, -0.05) is 24.6 Å². The molecule has 26 heavy (non-hydrogen) atoms. The number of unbranched alkanes of at least 4 members (excludes halogenated alkanes) is 1. The minimum atomic E-state index is 0.765. The summed E-state index contributed by atoms with van der Waals surface area (Å²) >= 11 is 0. The number of aliphatic imine (C=N–C) groups is 1. The summed E-state index contributed by atoms with van der Waals surface area (Å²) in [6.45, 7) is 6.68. The van der Waals surface area contributed by atoms with Crippen LogP contribution in [0.5, 0.6) is 5.75 Å². The Morgan fingerprint density at radius 3 is 2.77 bits per heavy atom. The van der Waals surface area contributed by atoms with Crippen LogP contribution >= 0.6 is 0 Å². The Balaban J connectivity index is 1.59. The van der Waals surface area contributed by atoms with E-state index in [-0.39, 0.29) is 0 Å². The van der Waals surface area contributed by atoms with Crippen LogP contribution in [0, 0.1) is 0 Å². The van der Waals surface area contributed by atoms with Crippen molar-refractivity contribution in [3.05, 3.63) is 29.8 Å². The van der Waals surface area contributed by atoms with Gasteiger partial charge in [0.25, 0.3) is 0 Å². The van der Waals surface area contributed by atoms with Gasteiger partial charge in [0.05, 0.1) is 7.11 Å². The van der Waals surface area contributed by atoms with Crippen molar-refractivity contribution >= 4 is 5.96 Å². The summed E-state index contributed by atoms with van der Waals surface area (Å²) < 4.78 is 5.40. The van der Waals surface area contributed by atoms with E-state index in [4.69, 9.17) is 4.74 Å². The number of rotatable bonds is 9. The molecule has 0 bridgehead atoms. The van der Waals surface area contributed by atoms with Crippen molar-refractivity contribution in [2.45, 2.75) is 51.5 Å². The lowest BCUT2D eigenvalue weighted by Gasteiger charge is -2.33. The third-order valence-electron chi connectivity index (χ3n) is 5.21. The minimum Gasteiger partial charge on any atom is -0.496 e. The van der Waals surface area contributed by atoms with Crippen LogP contribution in [0.1, 0.15) is 44.6 Å². The Kier molecular flexibility index (Phi) is 9.32. The van der Waals surface area contributed by atoms with Crippen LogP contribution in [0.2, 0.25) is 0 Å². The molecular weight excluding hydrogens is 324 g/mol. The molecule has 5 nitrogen and oxygen atoms in total. The summed E-state index contributed by atoms with van der Waals surface area (Å²) in [6.07, 6.45) is 7.46. The molecule has 2 N–H and O–H groups in total. The number of hydrogen-bond acceptors (Lipinski definition) is 3. The van der Waals surface area contributed by atoms with Crippen LogP contribution < -0.4 is 15.4 Å². The molecule has 0 aromatic heterocycles. The molecule has 1 aliphatic heterocycles. The molecular formula is C21H36N4O. The number of nitrogens with zero attached hydrogens (tertiary/aromatic N) is 2. The van der Waals surface area contributed by atoms with Crippen molar-refractivity contribution in [1.82, 2.24) is 15.5 Å². The van der Waals surface area contributed by atoms with Crippen molar-refractivity contribution in [2.24, 2.45) is 4.99 Å². The summed E-state index contributed by atoms with van der Waals surface area (Å²) in [5, 5.41) is 6.81. The fourth-order valence-electron chi connectivity index (χ4n) is 3.58. The van der Waals surface area contributed by atoms with Crippen LogP contribution in [0.4, 0.5) is 0 Å². The van der Waals surface area contributed by atoms with E-state index in [9.17, 15) is 0 Å². The number of para-hydroxylation sites is 1. The topological polar surface area (TPSA) is 48.9 Å². The van der Waals surface area contributed by atoms with Crippen molar-refractivity contribution in [1.29, 1.82) is 0 Å². The summed E-state index contributed by atoms with van der Waals surface area (Å²) in [7, 11) is 3.55. The molecule has 1 atom stereocenters. The van der Waals surface area contributed by atoms with Crippen LogP contribution in [-0.4, -0.2) is 57.2 Å². The maximum atomic E-state index is 5.40. The molecule has 1 aromatic rings. The third-order valence-corrected chi connectivity index (χ3v) is 5.21. The zero-order chi connectivity index (χ0) is 18.6. The van der Waals surface area contributed by atoms with Crippen molar-refractivity contribution in [3.63, 3.8) is 0 Å². The van der Waals surface area contributed by atoms with Crippen molar-refractivity contribution in [2.75, 3.05) is 40.3 Å². The Bertz CT molecular complexity index is 547. The molecule has 2 rings (SSSR count). The fourth-order valence-corrected chi connectivity index (χ4v) is 3.58. The van der Waals surface area contributed by atoms with E-state index in [0.29, 0.717) is 0 Å². The number of methoxy groups -OCH3 is 1. The average Bonchev–Trinajstić information content (AvgIpc) is 2.68. The number of likely N-dealkylation sites (tertiary alicyclic amines) is 1. The lowest BCUT2D eigenvalue weighted by atomic mass is 10.0. The van der Waals surface area contributed by atoms with E-state index in [1.165, 1.54) is 50.8 Å². The summed E-state index contributed by atoms with van der Waals surface area (Å²) in [6, 6.07) is 8.93. The second-order valence-electron chi connectivity index (χ2n) is 7.08. The van der Waals surface area contributed by atoms with Crippen molar-refractivity contribution in [3.8, 4) is 5.75 Å². The van der Waals surface area contributed by atoms with E-state index in [1.54, 1.807) is 7.11 Å². The van der Waals surface area contributed by atoms with Gasteiger partial charge in [0.1, 0.15) is 5.75 Å². The number of benzene rings is 1. The number of ether oxygens (including phenoxy) is 1. The monoisotopic (exact) mass is 360 g/mol. The number of piperidine rings is 1. The van der Waals surface area contributed by atoms with Crippen LogP contribution in [0.3, 0.4) is 0 Å². The Morgan fingerprint density at radius 1 is 1.19 bits per heavy atom. The number of guanidine groups is 1. The highest BCUT2D eigenvalue weighted by atomic mass is 16.5. The SMILES string of the molecule is CN=C(NCCCCN1CCCCC1C)NCCc1ccccc1OC. The fraction of sp³-hybridized carbons (Fsp3) is 0.667. The first-order valence-electron chi connectivity index (χ1n) is 10.0. The molecule has 1 heterocycles. The highest BCUT2D eigenvalue weighted by Crippen LogP contribution is 2.17. The van der Waals surface area contributed by atoms with E-state index >= 15 is 0 Å². The van der Waals surface area contributed by atoms with Gasteiger partial charge in [0.2, 0.25) is 0 Å². The summed E-state index contributed by atoms with van der Waals surface area (Å²) in [5.41, 5.74) is 1.22. The predicted octanol–water partition coefficient (Wildman–Crippen LogP) is 3.06. The molecule has 0 saturated carbocycles. The van der Waals surface area contributed by atoms with Gasteiger partial charge < -0.3 is 20.3 Å². The van der Waals surface area contributed by atoms with Gasteiger partial charge in [-0.3, -0.25) is 4.99 Å². The van der Waals surface area contributed by atoms with Crippen LogP contribution in [0.25, 0.3) is 0 Å². The van der Waals surface area contributed by atoms with Gasteiger partial charge in [0, 0.05) is 26.2 Å². The standard InChI is InChI=1S/C21H36N4O/c1-18-10-6-8-16-25(18)17-9-7-14-23-21(22-2)24-15-13-19-11-4-5-12-20(19)26-3/h4-5,11-12,18H,6-10,13-17H2,1-3H3,(H2,22,23,24). The molecule has 1 fully saturated rings. The molecule has 146 valence electrons. The van der Waals surface area contributed by atoms with E-state index in [2.05, 4.69) is 33.5 Å². The average molecular weight is 361 g/mol. The molecule has 0 spiro atoms. The second kappa shape index (κ2) is 11.8. The number of hydrogen-bond donors (Lipinski definition) is 2. The molecule has 1 saturated heterocycles. The Morgan fingerprint density at radius 2 is 2.00 bits per heavy atom. The second-order valence-corrected chi connectivity index (χ2v) is 7.08. The maximum Gasteiger partial charge on any atom is 0.190 e. The first-order chi connectivity index (χ1) is 12.7. The Hall–Kier alpha value is -1.75. The smallest absolute Gasteiger partial charge is 0.190 e. The zero-order valence-corrected chi connectivity index (χ0v) is 16.8.